The van der Waals surface area contributed by atoms with Gasteiger partial charge >= 0.3 is 12.1 Å². The van der Waals surface area contributed by atoms with Crippen LogP contribution in [0, 0.1) is 5.92 Å². The third-order valence-corrected chi connectivity index (χ3v) is 7.07. The number of carbonyl (C=O) groups is 4. The monoisotopic (exact) mass is 515 g/mol. The number of piperazine rings is 1. The number of ketones is 1. The number of hydrogen-bond donors (Lipinski definition) is 1. The maximum atomic E-state index is 13.4. The molecule has 36 heavy (non-hydrogen) atoms. The average molecular weight is 516 g/mol. The molecule has 4 amide bonds. The largest absolute Gasteiger partial charge is 0.465 e. The van der Waals surface area contributed by atoms with E-state index in [1.165, 1.54) is 16.2 Å². The smallest absolute Gasteiger partial charge is 0.407 e. The van der Waals surface area contributed by atoms with E-state index in [1.807, 2.05) is 37.3 Å². The van der Waals surface area contributed by atoms with E-state index in [2.05, 4.69) is 4.98 Å². The van der Waals surface area contributed by atoms with Crippen LogP contribution in [0.4, 0.5) is 15.3 Å². The number of anilines is 1. The van der Waals surface area contributed by atoms with Crippen LogP contribution in [0.25, 0.3) is 0 Å². The SMILES string of the molecule is CC(CCN(C)C(=O)N1CCN(C(=O)O)CC1)C(=O)N(CCCC(=O)c1nccs1)c1ccccc1. The average Bonchev–Trinajstić information content (AvgIpc) is 3.44. The second kappa shape index (κ2) is 13.0. The van der Waals surface area contributed by atoms with E-state index < -0.39 is 6.09 Å². The predicted octanol–water partition coefficient (Wildman–Crippen LogP) is 3.51. The Labute approximate surface area is 215 Å². The van der Waals surface area contributed by atoms with Gasteiger partial charge in [0.25, 0.3) is 0 Å². The van der Waals surface area contributed by atoms with Gasteiger partial charge in [-0.3, -0.25) is 9.59 Å². The van der Waals surface area contributed by atoms with Crippen molar-refractivity contribution >= 4 is 40.8 Å². The molecule has 1 aliphatic rings. The minimum absolute atomic E-state index is 0.0252. The summed E-state index contributed by atoms with van der Waals surface area (Å²) in [6.07, 6.45) is 1.95. The Kier molecular flexibility index (Phi) is 9.80. The van der Waals surface area contributed by atoms with Gasteiger partial charge in [0.15, 0.2) is 10.8 Å². The van der Waals surface area contributed by atoms with Crippen molar-refractivity contribution in [2.24, 2.45) is 5.92 Å². The van der Waals surface area contributed by atoms with Gasteiger partial charge in [-0.1, -0.05) is 25.1 Å². The summed E-state index contributed by atoms with van der Waals surface area (Å²) in [5.41, 5.74) is 0.775. The van der Waals surface area contributed by atoms with Crippen LogP contribution in [-0.2, 0) is 4.79 Å². The van der Waals surface area contributed by atoms with E-state index in [1.54, 1.807) is 33.3 Å². The van der Waals surface area contributed by atoms with E-state index in [-0.39, 0.29) is 23.6 Å². The highest BCUT2D eigenvalue weighted by Crippen LogP contribution is 2.20. The Hall–Kier alpha value is -3.47. The van der Waals surface area contributed by atoms with E-state index in [0.29, 0.717) is 63.5 Å². The lowest BCUT2D eigenvalue weighted by Crippen LogP contribution is -2.53. The molecule has 0 saturated carbocycles. The molecule has 1 aromatic heterocycles. The topological polar surface area (TPSA) is 114 Å². The highest BCUT2D eigenvalue weighted by atomic mass is 32.1. The standard InChI is InChI=1S/C25H33N5O5S/c1-19(10-13-27(2)24(33)28-14-16-29(17-15-28)25(34)35)23(32)30(20-7-4-3-5-8-20)12-6-9-21(31)22-26-11-18-36-22/h3-5,7-8,11,18-19H,6,9-10,12-17H2,1-2H3,(H,34,35). The Morgan fingerprint density at radius 3 is 2.33 bits per heavy atom. The zero-order valence-electron chi connectivity index (χ0n) is 20.7. The number of rotatable bonds is 10. The second-order valence-corrected chi connectivity index (χ2v) is 9.73. The van der Waals surface area contributed by atoms with Gasteiger partial charge < -0.3 is 24.7 Å². The van der Waals surface area contributed by atoms with Crippen molar-refractivity contribution in [2.45, 2.75) is 26.2 Å². The van der Waals surface area contributed by atoms with Crippen molar-refractivity contribution in [3.63, 3.8) is 0 Å². The number of nitrogens with zero attached hydrogens (tertiary/aromatic N) is 5. The summed E-state index contributed by atoms with van der Waals surface area (Å²) in [4.78, 5) is 59.8. The second-order valence-electron chi connectivity index (χ2n) is 8.84. The molecule has 3 rings (SSSR count). The fourth-order valence-corrected chi connectivity index (χ4v) is 4.65. The Bertz CT molecular complexity index is 1020. The number of Topliss-reactive ketones (excluding diaryl/α,β-unsaturated/α-hetero) is 1. The third kappa shape index (κ3) is 7.27. The van der Waals surface area contributed by atoms with Gasteiger partial charge in [0.05, 0.1) is 0 Å². The number of carboxylic acid groups (broad SMARTS) is 1. The minimum Gasteiger partial charge on any atom is -0.465 e. The van der Waals surface area contributed by atoms with Crippen molar-refractivity contribution in [2.75, 3.05) is 51.2 Å². The van der Waals surface area contributed by atoms with Crippen molar-refractivity contribution in [1.29, 1.82) is 0 Å². The third-order valence-electron chi connectivity index (χ3n) is 6.26. The molecule has 1 aromatic carbocycles. The summed E-state index contributed by atoms with van der Waals surface area (Å²) in [6.45, 7) is 3.95. The van der Waals surface area contributed by atoms with Crippen molar-refractivity contribution < 1.29 is 24.3 Å². The van der Waals surface area contributed by atoms with Gasteiger partial charge in [-0.2, -0.15) is 0 Å². The molecule has 2 aromatic rings. The molecule has 1 N–H and O–H groups in total. The Morgan fingerprint density at radius 2 is 1.72 bits per heavy atom. The molecule has 1 aliphatic heterocycles. The molecule has 194 valence electrons. The first-order valence-electron chi connectivity index (χ1n) is 12.0. The zero-order valence-corrected chi connectivity index (χ0v) is 21.5. The highest BCUT2D eigenvalue weighted by molar-refractivity contribution is 7.11. The number of hydrogen-bond acceptors (Lipinski definition) is 6. The molecule has 1 saturated heterocycles. The number of aromatic nitrogens is 1. The molecule has 10 nitrogen and oxygen atoms in total. The van der Waals surface area contributed by atoms with Gasteiger partial charge in [-0.15, -0.1) is 11.3 Å². The fourth-order valence-electron chi connectivity index (χ4n) is 4.04. The predicted molar refractivity (Wildman–Crippen MR) is 137 cm³/mol. The van der Waals surface area contributed by atoms with Crippen LogP contribution in [0.1, 0.15) is 36.0 Å². The maximum absolute atomic E-state index is 13.4. The van der Waals surface area contributed by atoms with Crippen LogP contribution in [0.5, 0.6) is 0 Å². The Morgan fingerprint density at radius 1 is 1.06 bits per heavy atom. The summed E-state index contributed by atoms with van der Waals surface area (Å²) < 4.78 is 0. The number of carbonyl (C=O) groups excluding carboxylic acids is 3. The maximum Gasteiger partial charge on any atom is 0.407 e. The first-order chi connectivity index (χ1) is 17.3. The van der Waals surface area contributed by atoms with Gasteiger partial charge in [0, 0.05) is 75.9 Å². The lowest BCUT2D eigenvalue weighted by atomic mass is 10.0. The van der Waals surface area contributed by atoms with E-state index in [4.69, 9.17) is 5.11 Å². The molecule has 2 heterocycles. The lowest BCUT2D eigenvalue weighted by molar-refractivity contribution is -0.122. The molecule has 0 spiro atoms. The Balaban J connectivity index is 1.53. The summed E-state index contributed by atoms with van der Waals surface area (Å²) in [6, 6.07) is 9.22. The van der Waals surface area contributed by atoms with Crippen LogP contribution in [0.2, 0.25) is 0 Å². The van der Waals surface area contributed by atoms with Crippen LogP contribution in [0.3, 0.4) is 0 Å². The minimum atomic E-state index is -0.974. The summed E-state index contributed by atoms with van der Waals surface area (Å²) in [7, 11) is 1.70. The summed E-state index contributed by atoms with van der Waals surface area (Å²) in [5, 5.41) is 11.3. The van der Waals surface area contributed by atoms with E-state index in [9.17, 15) is 19.2 Å². The van der Waals surface area contributed by atoms with Gasteiger partial charge in [0.1, 0.15) is 0 Å². The van der Waals surface area contributed by atoms with Gasteiger partial charge in [-0.05, 0) is 25.0 Å². The quantitative estimate of drug-likeness (QED) is 0.485. The molecular formula is C25H33N5O5S. The van der Waals surface area contributed by atoms with Crippen molar-refractivity contribution in [3.8, 4) is 0 Å². The van der Waals surface area contributed by atoms with E-state index >= 15 is 0 Å². The molecule has 1 fully saturated rings. The number of thiazole rings is 1. The molecular weight excluding hydrogens is 482 g/mol. The number of amides is 4. The van der Waals surface area contributed by atoms with Crippen LogP contribution in [0.15, 0.2) is 41.9 Å². The molecule has 0 radical (unpaired) electrons. The van der Waals surface area contributed by atoms with Crippen LogP contribution >= 0.6 is 11.3 Å². The molecule has 0 bridgehead atoms. The molecule has 1 unspecified atom stereocenters. The fraction of sp³-hybridized carbons (Fsp3) is 0.480. The van der Waals surface area contributed by atoms with E-state index in [0.717, 1.165) is 5.69 Å². The molecule has 1 atom stereocenters. The lowest BCUT2D eigenvalue weighted by Gasteiger charge is -2.35. The van der Waals surface area contributed by atoms with Crippen LogP contribution < -0.4 is 4.90 Å². The first-order valence-corrected chi connectivity index (χ1v) is 12.9. The molecule has 0 aliphatic carbocycles. The summed E-state index contributed by atoms with van der Waals surface area (Å²) >= 11 is 1.32. The van der Waals surface area contributed by atoms with Crippen molar-refractivity contribution in [1.82, 2.24) is 19.7 Å². The normalized spacial score (nSPS) is 14.3. The zero-order chi connectivity index (χ0) is 26.1. The molecule has 11 heteroatoms. The van der Waals surface area contributed by atoms with Crippen molar-refractivity contribution in [3.05, 3.63) is 46.9 Å². The van der Waals surface area contributed by atoms with Crippen LogP contribution in [-0.4, -0.2) is 94.9 Å². The number of para-hydroxylation sites is 1. The number of urea groups is 1. The highest BCUT2D eigenvalue weighted by Gasteiger charge is 2.27. The summed E-state index contributed by atoms with van der Waals surface area (Å²) in [5.74, 6) is -0.416. The van der Waals surface area contributed by atoms with Gasteiger partial charge in [-0.25, -0.2) is 14.6 Å². The first kappa shape index (κ1) is 27.1. The van der Waals surface area contributed by atoms with Gasteiger partial charge in [0.2, 0.25) is 5.91 Å². The number of benzene rings is 1.